The van der Waals surface area contributed by atoms with Gasteiger partial charge in [-0.05, 0) is 68.1 Å². The fourth-order valence-corrected chi connectivity index (χ4v) is 6.56. The molecule has 2 amide bonds. The van der Waals surface area contributed by atoms with Crippen LogP contribution in [0, 0.1) is 11.7 Å². The van der Waals surface area contributed by atoms with Gasteiger partial charge in [-0.1, -0.05) is 18.9 Å². The fraction of sp³-hybridized carbons (Fsp3) is 0.462. The standard InChI is InChI=1S/C26H29F4N3O4S/c27-20-12-10-17(11-13-20)24(34)31-22-8-1-2-9-23(22)32-25(35)18-5-4-14-33(16-18)38(36,37)21-7-3-6-19(15-21)26(28,29)30/h3,6-7,10-13,15,18,22-23H,1-2,4-5,8-9,14,16H2,(H,31,34)(H,32,35)/t18-,22-,23-/m1/s1. The molecule has 2 N–H and O–H groups in total. The lowest BCUT2D eigenvalue weighted by Crippen LogP contribution is -2.55. The summed E-state index contributed by atoms with van der Waals surface area (Å²) >= 11 is 0. The number of benzene rings is 2. The van der Waals surface area contributed by atoms with Crippen molar-refractivity contribution in [2.45, 2.75) is 61.7 Å². The number of nitrogens with one attached hydrogen (secondary N) is 2. The van der Waals surface area contributed by atoms with Crippen LogP contribution in [0.2, 0.25) is 0 Å². The van der Waals surface area contributed by atoms with Crippen molar-refractivity contribution in [2.75, 3.05) is 13.1 Å². The summed E-state index contributed by atoms with van der Waals surface area (Å²) in [5.74, 6) is -1.88. The van der Waals surface area contributed by atoms with E-state index >= 15 is 0 Å². The van der Waals surface area contributed by atoms with Crippen molar-refractivity contribution in [3.63, 3.8) is 0 Å². The molecule has 38 heavy (non-hydrogen) atoms. The molecular weight excluding hydrogens is 526 g/mol. The van der Waals surface area contributed by atoms with Gasteiger partial charge in [0, 0.05) is 30.7 Å². The number of piperidine rings is 1. The van der Waals surface area contributed by atoms with Crippen LogP contribution in [0.15, 0.2) is 53.4 Å². The van der Waals surface area contributed by atoms with Crippen molar-refractivity contribution in [1.29, 1.82) is 0 Å². The first-order valence-electron chi connectivity index (χ1n) is 12.5. The van der Waals surface area contributed by atoms with Crippen molar-refractivity contribution in [1.82, 2.24) is 14.9 Å². The van der Waals surface area contributed by atoms with Gasteiger partial charge in [-0.25, -0.2) is 12.8 Å². The van der Waals surface area contributed by atoms with Crippen molar-refractivity contribution < 1.29 is 35.6 Å². The normalized spacial score (nSPS) is 23.0. The summed E-state index contributed by atoms with van der Waals surface area (Å²) < 4.78 is 79.8. The Morgan fingerprint density at radius 3 is 2.21 bits per heavy atom. The topological polar surface area (TPSA) is 95.6 Å². The van der Waals surface area contributed by atoms with Crippen LogP contribution in [0.3, 0.4) is 0 Å². The van der Waals surface area contributed by atoms with Crippen LogP contribution in [-0.2, 0) is 21.0 Å². The van der Waals surface area contributed by atoms with Gasteiger partial charge in [0.2, 0.25) is 15.9 Å². The maximum Gasteiger partial charge on any atom is 0.416 e. The summed E-state index contributed by atoms with van der Waals surface area (Å²) in [4.78, 5) is 25.3. The van der Waals surface area contributed by atoms with Crippen molar-refractivity contribution in [3.05, 3.63) is 65.5 Å². The Kier molecular flexibility index (Phi) is 8.41. The molecule has 1 saturated carbocycles. The zero-order valence-corrected chi connectivity index (χ0v) is 21.3. The van der Waals surface area contributed by atoms with Gasteiger partial charge in [-0.3, -0.25) is 9.59 Å². The second-order valence-electron chi connectivity index (χ2n) is 9.71. The van der Waals surface area contributed by atoms with Gasteiger partial charge in [0.1, 0.15) is 5.82 Å². The van der Waals surface area contributed by atoms with Gasteiger partial charge in [0.15, 0.2) is 0 Å². The molecule has 1 heterocycles. The molecule has 2 aromatic carbocycles. The van der Waals surface area contributed by atoms with E-state index in [-0.39, 0.29) is 37.0 Å². The Labute approximate surface area is 218 Å². The predicted octanol–water partition coefficient (Wildman–Crippen LogP) is 4.10. The van der Waals surface area contributed by atoms with Crippen LogP contribution in [0.4, 0.5) is 17.6 Å². The van der Waals surface area contributed by atoms with Crippen LogP contribution in [0.1, 0.15) is 54.4 Å². The van der Waals surface area contributed by atoms with Crippen molar-refractivity contribution in [3.8, 4) is 0 Å². The van der Waals surface area contributed by atoms with E-state index in [1.54, 1.807) is 0 Å². The van der Waals surface area contributed by atoms with E-state index in [1.165, 1.54) is 24.3 Å². The fourth-order valence-electron chi connectivity index (χ4n) is 4.99. The third kappa shape index (κ3) is 6.52. The molecule has 2 aromatic rings. The molecule has 1 aliphatic heterocycles. The molecule has 2 aliphatic rings. The highest BCUT2D eigenvalue weighted by atomic mass is 32.2. The highest BCUT2D eigenvalue weighted by Crippen LogP contribution is 2.32. The minimum atomic E-state index is -4.68. The monoisotopic (exact) mass is 555 g/mol. The molecule has 2 fully saturated rings. The summed E-state index contributed by atoms with van der Waals surface area (Å²) in [5, 5.41) is 5.87. The van der Waals surface area contributed by atoms with Gasteiger partial charge >= 0.3 is 6.18 Å². The molecule has 0 bridgehead atoms. The molecule has 1 aliphatic carbocycles. The first kappa shape index (κ1) is 28.0. The molecular formula is C26H29F4N3O4S. The molecule has 4 rings (SSSR count). The second kappa shape index (κ2) is 11.4. The number of sulfonamides is 1. The molecule has 206 valence electrons. The summed E-state index contributed by atoms with van der Waals surface area (Å²) in [6.07, 6.45) is -0.913. The number of carbonyl (C=O) groups is 2. The van der Waals surface area contributed by atoms with Crippen LogP contribution in [-0.4, -0.2) is 49.7 Å². The van der Waals surface area contributed by atoms with Gasteiger partial charge < -0.3 is 10.6 Å². The molecule has 0 aromatic heterocycles. The zero-order chi connectivity index (χ0) is 27.5. The number of carbonyl (C=O) groups excluding carboxylic acids is 2. The SMILES string of the molecule is O=C(N[C@@H]1CCCC[C@H]1NC(=O)[C@@H]1CCCN(S(=O)(=O)c2cccc(C(F)(F)F)c2)C1)c1ccc(F)cc1. The smallest absolute Gasteiger partial charge is 0.351 e. The average Bonchev–Trinajstić information content (AvgIpc) is 2.90. The number of hydrogen-bond acceptors (Lipinski definition) is 4. The van der Waals surface area contributed by atoms with Crippen LogP contribution in [0.25, 0.3) is 0 Å². The quantitative estimate of drug-likeness (QED) is 0.525. The Morgan fingerprint density at radius 1 is 0.895 bits per heavy atom. The highest BCUT2D eigenvalue weighted by molar-refractivity contribution is 7.89. The lowest BCUT2D eigenvalue weighted by atomic mass is 9.89. The first-order valence-corrected chi connectivity index (χ1v) is 13.9. The van der Waals surface area contributed by atoms with Crippen molar-refractivity contribution >= 4 is 21.8 Å². The van der Waals surface area contributed by atoms with E-state index in [2.05, 4.69) is 10.6 Å². The lowest BCUT2D eigenvalue weighted by Gasteiger charge is -2.36. The summed E-state index contributed by atoms with van der Waals surface area (Å²) in [6, 6.07) is 8.00. The first-order chi connectivity index (χ1) is 17.9. The summed E-state index contributed by atoms with van der Waals surface area (Å²) in [7, 11) is -4.24. The van der Waals surface area contributed by atoms with E-state index in [4.69, 9.17) is 0 Å². The Bertz CT molecular complexity index is 1270. The molecule has 3 atom stereocenters. The number of alkyl halides is 3. The van der Waals surface area contributed by atoms with Gasteiger partial charge in [-0.2, -0.15) is 17.5 Å². The second-order valence-corrected chi connectivity index (χ2v) is 11.7. The van der Waals surface area contributed by atoms with E-state index in [0.717, 1.165) is 35.3 Å². The Morgan fingerprint density at radius 2 is 1.55 bits per heavy atom. The molecule has 12 heteroatoms. The molecule has 0 radical (unpaired) electrons. The number of hydrogen-bond donors (Lipinski definition) is 2. The van der Waals surface area contributed by atoms with Crippen LogP contribution >= 0.6 is 0 Å². The number of amides is 2. The maximum atomic E-state index is 13.2. The Balaban J connectivity index is 1.41. The zero-order valence-electron chi connectivity index (χ0n) is 20.5. The van der Waals surface area contributed by atoms with E-state index < -0.39 is 38.4 Å². The highest BCUT2D eigenvalue weighted by Gasteiger charge is 2.37. The van der Waals surface area contributed by atoms with E-state index in [1.807, 2.05) is 0 Å². The number of rotatable bonds is 6. The van der Waals surface area contributed by atoms with Gasteiger partial charge in [0.25, 0.3) is 5.91 Å². The lowest BCUT2D eigenvalue weighted by molar-refractivity contribution is -0.137. The third-order valence-corrected chi connectivity index (χ3v) is 8.93. The molecule has 1 saturated heterocycles. The van der Waals surface area contributed by atoms with Crippen LogP contribution < -0.4 is 10.6 Å². The summed E-state index contributed by atoms with van der Waals surface area (Å²) in [6.45, 7) is -0.0497. The van der Waals surface area contributed by atoms with Gasteiger partial charge in [-0.15, -0.1) is 0 Å². The maximum absolute atomic E-state index is 13.2. The minimum absolute atomic E-state index is 0.0993. The number of nitrogens with zero attached hydrogens (tertiary/aromatic N) is 1. The Hall–Kier alpha value is -2.99. The molecule has 7 nitrogen and oxygen atoms in total. The van der Waals surface area contributed by atoms with Gasteiger partial charge in [0.05, 0.1) is 16.4 Å². The van der Waals surface area contributed by atoms with E-state index in [0.29, 0.717) is 37.3 Å². The predicted molar refractivity (Wildman–Crippen MR) is 131 cm³/mol. The minimum Gasteiger partial charge on any atom is -0.351 e. The number of halogens is 4. The van der Waals surface area contributed by atoms with Crippen LogP contribution in [0.5, 0.6) is 0 Å². The average molecular weight is 556 g/mol. The third-order valence-electron chi connectivity index (χ3n) is 7.07. The molecule has 0 unspecified atom stereocenters. The van der Waals surface area contributed by atoms with Crippen molar-refractivity contribution in [2.24, 2.45) is 5.92 Å². The summed E-state index contributed by atoms with van der Waals surface area (Å²) in [5.41, 5.74) is -0.763. The van der Waals surface area contributed by atoms with E-state index in [9.17, 15) is 35.6 Å². The largest absolute Gasteiger partial charge is 0.416 e. The molecule has 0 spiro atoms.